The van der Waals surface area contributed by atoms with Gasteiger partial charge in [0.25, 0.3) is 0 Å². The van der Waals surface area contributed by atoms with Crippen LogP contribution in [0.3, 0.4) is 0 Å². The van der Waals surface area contributed by atoms with Crippen LogP contribution in [0.4, 0.5) is 0 Å². The molecule has 0 aromatic heterocycles. The van der Waals surface area contributed by atoms with Crippen LogP contribution in [-0.2, 0) is 10.2 Å². The van der Waals surface area contributed by atoms with Crippen molar-refractivity contribution in [3.05, 3.63) is 29.8 Å². The van der Waals surface area contributed by atoms with Gasteiger partial charge < -0.3 is 14.7 Å². The number of nitrogens with zero attached hydrogens (tertiary/aromatic N) is 1. The Kier molecular flexibility index (Phi) is 5.69. The standard InChI is InChI=1S/C19H29NO3/c1-14(2)13-23-17-7-5-15(6-8-17)19(3,4)18(22)20-11-9-16(21)10-12-20/h5-8,14,16,21H,9-13H2,1-4H3. The van der Waals surface area contributed by atoms with E-state index in [9.17, 15) is 9.90 Å². The van der Waals surface area contributed by atoms with Gasteiger partial charge in [0.05, 0.1) is 18.1 Å². The summed E-state index contributed by atoms with van der Waals surface area (Å²) in [6.07, 6.45) is 1.08. The summed E-state index contributed by atoms with van der Waals surface area (Å²) in [6, 6.07) is 7.83. The maximum Gasteiger partial charge on any atom is 0.232 e. The number of likely N-dealkylation sites (tertiary alicyclic amines) is 1. The Balaban J connectivity index is 2.04. The van der Waals surface area contributed by atoms with Crippen molar-refractivity contribution in [3.8, 4) is 5.75 Å². The summed E-state index contributed by atoms with van der Waals surface area (Å²) < 4.78 is 5.70. The zero-order chi connectivity index (χ0) is 17.0. The largest absolute Gasteiger partial charge is 0.493 e. The van der Waals surface area contributed by atoms with Gasteiger partial charge in [0.2, 0.25) is 5.91 Å². The number of hydrogen-bond acceptors (Lipinski definition) is 3. The third kappa shape index (κ3) is 4.47. The van der Waals surface area contributed by atoms with Crippen molar-refractivity contribution in [2.45, 2.75) is 52.1 Å². The average molecular weight is 319 g/mol. The molecule has 0 aliphatic carbocycles. The van der Waals surface area contributed by atoms with Gasteiger partial charge in [-0.15, -0.1) is 0 Å². The van der Waals surface area contributed by atoms with Crippen molar-refractivity contribution >= 4 is 5.91 Å². The fraction of sp³-hybridized carbons (Fsp3) is 0.632. The van der Waals surface area contributed by atoms with Gasteiger partial charge in [-0.1, -0.05) is 26.0 Å². The second-order valence-electron chi connectivity index (χ2n) is 7.38. The molecule has 0 atom stereocenters. The van der Waals surface area contributed by atoms with E-state index in [0.29, 0.717) is 38.5 Å². The van der Waals surface area contributed by atoms with E-state index in [4.69, 9.17) is 4.74 Å². The van der Waals surface area contributed by atoms with Gasteiger partial charge in [0, 0.05) is 13.1 Å². The molecule has 1 heterocycles. The quantitative estimate of drug-likeness (QED) is 0.908. The average Bonchev–Trinajstić information content (AvgIpc) is 2.53. The molecular formula is C19H29NO3. The second-order valence-corrected chi connectivity index (χ2v) is 7.38. The Bertz CT molecular complexity index is 514. The lowest BCUT2D eigenvalue weighted by atomic mass is 9.82. The first-order valence-corrected chi connectivity index (χ1v) is 8.51. The van der Waals surface area contributed by atoms with Gasteiger partial charge in [-0.05, 0) is 50.3 Å². The highest BCUT2D eigenvalue weighted by atomic mass is 16.5. The molecule has 128 valence electrons. The number of aliphatic hydroxyl groups is 1. The molecule has 1 aliphatic heterocycles. The molecular weight excluding hydrogens is 290 g/mol. The molecule has 1 N–H and O–H groups in total. The Morgan fingerprint density at radius 2 is 1.83 bits per heavy atom. The van der Waals surface area contributed by atoms with Crippen molar-refractivity contribution < 1.29 is 14.6 Å². The summed E-state index contributed by atoms with van der Waals surface area (Å²) in [7, 11) is 0. The predicted molar refractivity (Wildman–Crippen MR) is 91.6 cm³/mol. The zero-order valence-corrected chi connectivity index (χ0v) is 14.7. The van der Waals surface area contributed by atoms with E-state index in [1.165, 1.54) is 0 Å². The smallest absolute Gasteiger partial charge is 0.232 e. The maximum atomic E-state index is 12.8. The molecule has 0 radical (unpaired) electrons. The lowest BCUT2D eigenvalue weighted by Crippen LogP contribution is -2.47. The number of hydrogen-bond donors (Lipinski definition) is 1. The van der Waals surface area contributed by atoms with Crippen molar-refractivity contribution in [3.63, 3.8) is 0 Å². The minimum Gasteiger partial charge on any atom is -0.493 e. The third-order valence-electron chi connectivity index (χ3n) is 4.45. The van der Waals surface area contributed by atoms with E-state index in [2.05, 4.69) is 13.8 Å². The topological polar surface area (TPSA) is 49.8 Å². The Hall–Kier alpha value is -1.55. The number of rotatable bonds is 5. The molecule has 1 aromatic rings. The number of amides is 1. The van der Waals surface area contributed by atoms with Crippen molar-refractivity contribution in [2.75, 3.05) is 19.7 Å². The van der Waals surface area contributed by atoms with Crippen LogP contribution in [0.5, 0.6) is 5.75 Å². The van der Waals surface area contributed by atoms with Crippen molar-refractivity contribution in [2.24, 2.45) is 5.92 Å². The molecule has 0 saturated carbocycles. The second kappa shape index (κ2) is 7.35. The molecule has 2 rings (SSSR count). The molecule has 1 aliphatic rings. The van der Waals surface area contributed by atoms with E-state index in [1.54, 1.807) is 0 Å². The monoisotopic (exact) mass is 319 g/mol. The lowest BCUT2D eigenvalue weighted by molar-refractivity contribution is -0.138. The van der Waals surface area contributed by atoms with E-state index in [1.807, 2.05) is 43.0 Å². The summed E-state index contributed by atoms with van der Waals surface area (Å²) in [5.41, 5.74) is 0.421. The van der Waals surface area contributed by atoms with Gasteiger partial charge in [-0.25, -0.2) is 0 Å². The molecule has 1 aromatic carbocycles. The number of ether oxygens (including phenoxy) is 1. The molecule has 23 heavy (non-hydrogen) atoms. The highest BCUT2D eigenvalue weighted by Gasteiger charge is 2.35. The van der Waals surface area contributed by atoms with Crippen LogP contribution in [0.15, 0.2) is 24.3 Å². The molecule has 0 spiro atoms. The number of benzene rings is 1. The number of carbonyl (C=O) groups is 1. The molecule has 0 unspecified atom stereocenters. The molecule has 4 heteroatoms. The van der Waals surface area contributed by atoms with Crippen molar-refractivity contribution in [1.29, 1.82) is 0 Å². The first-order valence-electron chi connectivity index (χ1n) is 8.51. The highest BCUT2D eigenvalue weighted by Crippen LogP contribution is 2.29. The first kappa shape index (κ1) is 17.8. The van der Waals surface area contributed by atoms with Gasteiger partial charge in [0.1, 0.15) is 5.75 Å². The van der Waals surface area contributed by atoms with Crippen molar-refractivity contribution in [1.82, 2.24) is 4.90 Å². The summed E-state index contributed by atoms with van der Waals surface area (Å²) in [5.74, 6) is 1.45. The number of carbonyl (C=O) groups excluding carboxylic acids is 1. The van der Waals surface area contributed by atoms with E-state index in [0.717, 1.165) is 11.3 Å². The van der Waals surface area contributed by atoms with E-state index < -0.39 is 5.41 Å². The van der Waals surface area contributed by atoms with Crippen LogP contribution in [0.2, 0.25) is 0 Å². The Morgan fingerprint density at radius 1 is 1.26 bits per heavy atom. The molecule has 1 amide bonds. The minimum atomic E-state index is -0.571. The minimum absolute atomic E-state index is 0.125. The zero-order valence-electron chi connectivity index (χ0n) is 14.7. The maximum absolute atomic E-state index is 12.8. The molecule has 1 fully saturated rings. The van der Waals surface area contributed by atoms with Crippen LogP contribution in [-0.4, -0.2) is 41.7 Å². The SMILES string of the molecule is CC(C)COc1ccc(C(C)(C)C(=O)N2CCC(O)CC2)cc1. The summed E-state index contributed by atoms with van der Waals surface area (Å²) in [6.45, 7) is 10.1. The van der Waals surface area contributed by atoms with Crippen LogP contribution < -0.4 is 4.74 Å². The summed E-state index contributed by atoms with van der Waals surface area (Å²) >= 11 is 0. The third-order valence-corrected chi connectivity index (χ3v) is 4.45. The lowest BCUT2D eigenvalue weighted by Gasteiger charge is -2.36. The summed E-state index contributed by atoms with van der Waals surface area (Å²) in [5, 5.41) is 9.60. The molecule has 1 saturated heterocycles. The van der Waals surface area contributed by atoms with Gasteiger partial charge in [0.15, 0.2) is 0 Å². The van der Waals surface area contributed by atoms with Crippen LogP contribution in [0.25, 0.3) is 0 Å². The van der Waals surface area contributed by atoms with Gasteiger partial charge in [-0.3, -0.25) is 4.79 Å². The summed E-state index contributed by atoms with van der Waals surface area (Å²) in [4.78, 5) is 14.7. The number of aliphatic hydroxyl groups excluding tert-OH is 1. The van der Waals surface area contributed by atoms with E-state index >= 15 is 0 Å². The predicted octanol–water partition coefficient (Wildman–Crippen LogP) is 2.98. The fourth-order valence-corrected chi connectivity index (χ4v) is 2.82. The Labute approximate surface area is 139 Å². The first-order chi connectivity index (χ1) is 10.8. The Morgan fingerprint density at radius 3 is 2.35 bits per heavy atom. The number of piperidine rings is 1. The molecule has 0 bridgehead atoms. The normalized spacial score (nSPS) is 16.7. The molecule has 4 nitrogen and oxygen atoms in total. The van der Waals surface area contributed by atoms with Gasteiger partial charge >= 0.3 is 0 Å². The van der Waals surface area contributed by atoms with Crippen LogP contribution >= 0.6 is 0 Å². The fourth-order valence-electron chi connectivity index (χ4n) is 2.82. The van der Waals surface area contributed by atoms with Crippen LogP contribution in [0, 0.1) is 5.92 Å². The van der Waals surface area contributed by atoms with Gasteiger partial charge in [-0.2, -0.15) is 0 Å². The highest BCUT2D eigenvalue weighted by molar-refractivity contribution is 5.87. The van der Waals surface area contributed by atoms with Crippen LogP contribution in [0.1, 0.15) is 46.1 Å². The van der Waals surface area contributed by atoms with E-state index in [-0.39, 0.29) is 12.0 Å².